The summed E-state index contributed by atoms with van der Waals surface area (Å²) in [7, 11) is 0. The smallest absolute Gasteiger partial charge is 0.158 e. The van der Waals surface area contributed by atoms with Crippen LogP contribution >= 0.6 is 0 Å². The highest BCUT2D eigenvalue weighted by atomic mass is 15.3. The van der Waals surface area contributed by atoms with Gasteiger partial charge in [0.05, 0.1) is 11.8 Å². The van der Waals surface area contributed by atoms with E-state index in [1.165, 1.54) is 12.4 Å². The molecule has 0 aliphatic carbocycles. The third-order valence-electron chi connectivity index (χ3n) is 1.15. The van der Waals surface area contributed by atoms with Crippen molar-refractivity contribution in [3.05, 3.63) is 24.2 Å². The normalized spacial score (nSPS) is 18.5. The maximum Gasteiger partial charge on any atom is 0.158 e. The van der Waals surface area contributed by atoms with Gasteiger partial charge in [-0.1, -0.05) is 6.58 Å². The number of nitrogens with one attached hydrogen (secondary N) is 1. The average molecular weight is 151 g/mol. The molecule has 0 amide bonds. The molecule has 0 atom stereocenters. The van der Waals surface area contributed by atoms with E-state index in [1.807, 2.05) is 0 Å². The van der Waals surface area contributed by atoms with Crippen LogP contribution in [0.15, 0.2) is 34.3 Å². The summed E-state index contributed by atoms with van der Waals surface area (Å²) >= 11 is 0. The standard InChI is InChI=1S/C6H9N5/c1-2-9-6-4(5(7)8)3-10-11-6/h2-3H,1,7-8H2,(H,9,11). The van der Waals surface area contributed by atoms with E-state index in [0.29, 0.717) is 11.4 Å². The van der Waals surface area contributed by atoms with E-state index in [9.17, 15) is 0 Å². The first-order valence-corrected chi connectivity index (χ1v) is 2.99. The predicted octanol–water partition coefficient (Wildman–Crippen LogP) is -0.754. The van der Waals surface area contributed by atoms with Gasteiger partial charge in [0.25, 0.3) is 0 Å². The molecule has 0 unspecified atom stereocenters. The third-order valence-corrected chi connectivity index (χ3v) is 1.15. The lowest BCUT2D eigenvalue weighted by Gasteiger charge is -1.97. The van der Waals surface area contributed by atoms with Crippen molar-refractivity contribution in [1.82, 2.24) is 5.43 Å². The highest BCUT2D eigenvalue weighted by molar-refractivity contribution is 6.18. The number of hydrazone groups is 1. The number of rotatable bonds is 1. The van der Waals surface area contributed by atoms with Gasteiger partial charge in [0.15, 0.2) is 5.84 Å². The molecule has 1 rings (SSSR count). The van der Waals surface area contributed by atoms with Gasteiger partial charge in [-0.25, -0.2) is 4.99 Å². The number of aliphatic imine (C=N–C) groups is 1. The molecule has 0 fully saturated rings. The van der Waals surface area contributed by atoms with Gasteiger partial charge in [-0.3, -0.25) is 5.43 Å². The first-order valence-electron chi connectivity index (χ1n) is 2.99. The van der Waals surface area contributed by atoms with E-state index in [2.05, 4.69) is 22.1 Å². The average Bonchev–Trinajstić information content (AvgIpc) is 2.36. The Morgan fingerprint density at radius 2 is 2.45 bits per heavy atom. The molecule has 5 nitrogen and oxygen atoms in total. The molecule has 11 heavy (non-hydrogen) atoms. The SMILES string of the molecule is C=C/N=C1/NN=CC1=C(N)N. The first-order chi connectivity index (χ1) is 5.25. The Bertz CT molecular complexity index is 256. The van der Waals surface area contributed by atoms with Crippen molar-refractivity contribution in [2.45, 2.75) is 0 Å². The van der Waals surface area contributed by atoms with Gasteiger partial charge in [-0.15, -0.1) is 0 Å². The lowest BCUT2D eigenvalue weighted by Crippen LogP contribution is -2.20. The highest BCUT2D eigenvalue weighted by Gasteiger charge is 2.11. The van der Waals surface area contributed by atoms with Gasteiger partial charge < -0.3 is 11.5 Å². The Hall–Kier alpha value is -1.78. The van der Waals surface area contributed by atoms with E-state index in [4.69, 9.17) is 11.5 Å². The van der Waals surface area contributed by atoms with Crippen LogP contribution in [-0.4, -0.2) is 12.1 Å². The fraction of sp³-hybridized carbons (Fsp3) is 0. The second kappa shape index (κ2) is 2.87. The molecule has 0 saturated carbocycles. The van der Waals surface area contributed by atoms with Crippen molar-refractivity contribution in [3.63, 3.8) is 0 Å². The highest BCUT2D eigenvalue weighted by Crippen LogP contribution is 1.99. The van der Waals surface area contributed by atoms with E-state index in [1.54, 1.807) is 0 Å². The Morgan fingerprint density at radius 3 is 3.00 bits per heavy atom. The summed E-state index contributed by atoms with van der Waals surface area (Å²) in [6.45, 7) is 3.43. The first kappa shape index (κ1) is 7.33. The summed E-state index contributed by atoms with van der Waals surface area (Å²) in [4.78, 5) is 3.85. The minimum Gasteiger partial charge on any atom is -0.385 e. The van der Waals surface area contributed by atoms with Crippen LogP contribution in [0.3, 0.4) is 0 Å². The zero-order valence-corrected chi connectivity index (χ0v) is 5.91. The van der Waals surface area contributed by atoms with E-state index >= 15 is 0 Å². The molecule has 1 aliphatic rings. The quantitative estimate of drug-likeness (QED) is 0.460. The second-order valence-electron chi connectivity index (χ2n) is 1.90. The second-order valence-corrected chi connectivity index (χ2v) is 1.90. The summed E-state index contributed by atoms with van der Waals surface area (Å²) in [6, 6.07) is 0. The van der Waals surface area contributed by atoms with Crippen molar-refractivity contribution >= 4 is 12.1 Å². The molecule has 58 valence electrons. The summed E-state index contributed by atoms with van der Waals surface area (Å²) in [5, 5.41) is 3.71. The number of amidine groups is 1. The zero-order chi connectivity index (χ0) is 8.27. The van der Waals surface area contributed by atoms with Crippen LogP contribution in [0.1, 0.15) is 0 Å². The number of hydrogen-bond acceptors (Lipinski definition) is 4. The van der Waals surface area contributed by atoms with E-state index in [0.717, 1.165) is 0 Å². The van der Waals surface area contributed by atoms with Gasteiger partial charge in [0.1, 0.15) is 5.82 Å². The fourth-order valence-electron chi connectivity index (χ4n) is 0.680. The number of hydrogen-bond donors (Lipinski definition) is 3. The maximum atomic E-state index is 5.33. The minimum absolute atomic E-state index is 0.194. The maximum absolute atomic E-state index is 5.33. The molecule has 0 aromatic carbocycles. The van der Waals surface area contributed by atoms with Crippen molar-refractivity contribution < 1.29 is 0 Å². The Balaban J connectivity index is 2.98. The summed E-state index contributed by atoms with van der Waals surface area (Å²) in [5.74, 6) is 0.722. The molecule has 1 heterocycles. The van der Waals surface area contributed by atoms with Crippen molar-refractivity contribution in [2.24, 2.45) is 21.6 Å². The van der Waals surface area contributed by atoms with Gasteiger partial charge >= 0.3 is 0 Å². The Kier molecular flexibility index (Phi) is 1.91. The van der Waals surface area contributed by atoms with Gasteiger partial charge in [0.2, 0.25) is 0 Å². The minimum atomic E-state index is 0.194. The molecule has 1 aliphatic heterocycles. The summed E-state index contributed by atoms with van der Waals surface area (Å²) < 4.78 is 0. The van der Waals surface area contributed by atoms with Gasteiger partial charge in [-0.05, 0) is 0 Å². The summed E-state index contributed by atoms with van der Waals surface area (Å²) in [6.07, 6.45) is 2.90. The third kappa shape index (κ3) is 1.37. The molecule has 5 N–H and O–H groups in total. The fourth-order valence-corrected chi connectivity index (χ4v) is 0.680. The number of nitrogens with zero attached hydrogens (tertiary/aromatic N) is 2. The largest absolute Gasteiger partial charge is 0.385 e. The molecule has 0 bridgehead atoms. The van der Waals surface area contributed by atoms with Gasteiger partial charge in [0, 0.05) is 6.20 Å². The van der Waals surface area contributed by atoms with Crippen molar-refractivity contribution in [3.8, 4) is 0 Å². The Labute approximate surface area is 64.2 Å². The van der Waals surface area contributed by atoms with Gasteiger partial charge in [-0.2, -0.15) is 5.10 Å². The molecular weight excluding hydrogens is 142 g/mol. The molecule has 0 spiro atoms. The van der Waals surface area contributed by atoms with Crippen LogP contribution in [0, 0.1) is 0 Å². The molecule has 0 radical (unpaired) electrons. The van der Waals surface area contributed by atoms with Crippen molar-refractivity contribution in [2.75, 3.05) is 0 Å². The monoisotopic (exact) mass is 151 g/mol. The molecule has 5 heteroatoms. The lowest BCUT2D eigenvalue weighted by atomic mass is 10.3. The van der Waals surface area contributed by atoms with Crippen LogP contribution in [-0.2, 0) is 0 Å². The van der Waals surface area contributed by atoms with Crippen LogP contribution in [0.5, 0.6) is 0 Å². The molecular formula is C6H9N5. The molecule has 0 saturated heterocycles. The van der Waals surface area contributed by atoms with E-state index < -0.39 is 0 Å². The lowest BCUT2D eigenvalue weighted by molar-refractivity contribution is 1.06. The topological polar surface area (TPSA) is 88.8 Å². The van der Waals surface area contributed by atoms with Crippen LogP contribution in [0.4, 0.5) is 0 Å². The van der Waals surface area contributed by atoms with E-state index in [-0.39, 0.29) is 5.82 Å². The van der Waals surface area contributed by atoms with Crippen LogP contribution in [0.2, 0.25) is 0 Å². The number of nitrogens with two attached hydrogens (primary N) is 2. The molecule has 0 aromatic heterocycles. The zero-order valence-electron chi connectivity index (χ0n) is 5.91. The van der Waals surface area contributed by atoms with Crippen LogP contribution < -0.4 is 16.9 Å². The van der Waals surface area contributed by atoms with Crippen molar-refractivity contribution in [1.29, 1.82) is 0 Å². The van der Waals surface area contributed by atoms with Crippen LogP contribution in [0.25, 0.3) is 0 Å². The predicted molar refractivity (Wildman–Crippen MR) is 44.7 cm³/mol. The summed E-state index contributed by atoms with van der Waals surface area (Å²) in [5.41, 5.74) is 13.9. The molecule has 0 aromatic rings. The Morgan fingerprint density at radius 1 is 1.73 bits per heavy atom.